The molecule has 0 saturated carbocycles. The van der Waals surface area contributed by atoms with Gasteiger partial charge in [-0.15, -0.1) is 0 Å². The van der Waals surface area contributed by atoms with Gasteiger partial charge in [0.1, 0.15) is 5.75 Å². The van der Waals surface area contributed by atoms with Crippen LogP contribution in [0.25, 0.3) is 5.57 Å². The topological polar surface area (TPSA) is 38.8 Å². The van der Waals surface area contributed by atoms with E-state index in [1.54, 1.807) is 7.11 Å². The fourth-order valence-electron chi connectivity index (χ4n) is 3.83. The Hall–Kier alpha value is -1.81. The van der Waals surface area contributed by atoms with E-state index in [9.17, 15) is 4.79 Å². The minimum absolute atomic E-state index is 0.0836. The molecule has 0 aromatic heterocycles. The van der Waals surface area contributed by atoms with Gasteiger partial charge >= 0.3 is 5.97 Å². The number of carbonyl (C=O) groups excluding carboxylic acids is 1. The van der Waals surface area contributed by atoms with Crippen molar-refractivity contribution in [1.29, 1.82) is 0 Å². The normalized spacial score (nSPS) is 24.5. The fraction of sp³-hybridized carbons (Fsp3) is 0.526. The van der Waals surface area contributed by atoms with Crippen LogP contribution in [-0.4, -0.2) is 44.2 Å². The Morgan fingerprint density at radius 2 is 2.13 bits per heavy atom. The third-order valence-electron chi connectivity index (χ3n) is 5.11. The molecule has 1 aromatic rings. The Balaban J connectivity index is 1.71. The quantitative estimate of drug-likeness (QED) is 0.800. The van der Waals surface area contributed by atoms with Crippen molar-refractivity contribution in [2.24, 2.45) is 5.92 Å². The zero-order valence-corrected chi connectivity index (χ0v) is 14.0. The van der Waals surface area contributed by atoms with E-state index in [1.165, 1.54) is 18.2 Å². The molecule has 2 atom stereocenters. The van der Waals surface area contributed by atoms with Crippen LogP contribution in [0.5, 0.6) is 5.75 Å². The van der Waals surface area contributed by atoms with Gasteiger partial charge in [0.2, 0.25) is 0 Å². The molecule has 23 heavy (non-hydrogen) atoms. The minimum Gasteiger partial charge on any atom is -0.496 e. The van der Waals surface area contributed by atoms with Crippen LogP contribution in [0.15, 0.2) is 30.3 Å². The number of hydrogen-bond donors (Lipinski definition) is 0. The van der Waals surface area contributed by atoms with Crippen LogP contribution in [0.2, 0.25) is 0 Å². The molecule has 2 aliphatic rings. The summed E-state index contributed by atoms with van der Waals surface area (Å²) in [5, 5.41) is 0. The van der Waals surface area contributed by atoms with Crippen LogP contribution in [0.3, 0.4) is 0 Å². The number of fused-ring (bicyclic) bond motifs is 1. The number of ether oxygens (including phenoxy) is 2. The van der Waals surface area contributed by atoms with E-state index in [1.807, 2.05) is 12.1 Å². The Labute approximate surface area is 138 Å². The van der Waals surface area contributed by atoms with Gasteiger partial charge in [-0.1, -0.05) is 24.3 Å². The summed E-state index contributed by atoms with van der Waals surface area (Å²) in [6.45, 7) is 2.06. The molecule has 0 aliphatic carbocycles. The number of hydrogen-bond acceptors (Lipinski definition) is 4. The molecule has 1 aromatic carbocycles. The van der Waals surface area contributed by atoms with Crippen LogP contribution in [0, 0.1) is 5.92 Å². The molecule has 4 nitrogen and oxygen atoms in total. The van der Waals surface area contributed by atoms with Gasteiger partial charge in [-0.3, -0.25) is 9.69 Å². The highest BCUT2D eigenvalue weighted by Crippen LogP contribution is 2.37. The number of para-hydroxylation sites is 1. The van der Waals surface area contributed by atoms with Crippen LogP contribution in [0.4, 0.5) is 0 Å². The summed E-state index contributed by atoms with van der Waals surface area (Å²) >= 11 is 0. The zero-order valence-electron chi connectivity index (χ0n) is 14.0. The number of nitrogens with zero attached hydrogens (tertiary/aromatic N) is 1. The molecule has 2 unspecified atom stereocenters. The van der Waals surface area contributed by atoms with E-state index in [0.29, 0.717) is 18.4 Å². The minimum atomic E-state index is -0.0836. The molecule has 124 valence electrons. The monoisotopic (exact) mass is 315 g/mol. The lowest BCUT2D eigenvalue weighted by molar-refractivity contribution is -0.142. The molecule has 0 bridgehead atoms. The van der Waals surface area contributed by atoms with E-state index < -0.39 is 0 Å². The lowest BCUT2D eigenvalue weighted by atomic mass is 9.82. The molecule has 1 saturated heterocycles. The standard InChI is InChI=1S/C19H25NO3/c1-22-18-6-4-3-5-17(18)15-8-10-20-9-7-14(11-16(20)13-15)12-19(21)23-2/h3-6,8,14,16H,7,9-13H2,1-2H3. The lowest BCUT2D eigenvalue weighted by Gasteiger charge is -2.42. The summed E-state index contributed by atoms with van der Waals surface area (Å²) in [5.74, 6) is 1.30. The number of piperidine rings is 1. The predicted molar refractivity (Wildman–Crippen MR) is 90.3 cm³/mol. The zero-order chi connectivity index (χ0) is 16.2. The van der Waals surface area contributed by atoms with Crippen LogP contribution < -0.4 is 4.74 Å². The van der Waals surface area contributed by atoms with Crippen LogP contribution in [-0.2, 0) is 9.53 Å². The number of rotatable bonds is 4. The Morgan fingerprint density at radius 3 is 2.91 bits per heavy atom. The van der Waals surface area contributed by atoms with Crippen molar-refractivity contribution in [3.63, 3.8) is 0 Å². The smallest absolute Gasteiger partial charge is 0.305 e. The van der Waals surface area contributed by atoms with Crippen molar-refractivity contribution in [3.05, 3.63) is 35.9 Å². The first-order valence-corrected chi connectivity index (χ1v) is 8.34. The van der Waals surface area contributed by atoms with Crippen molar-refractivity contribution in [2.75, 3.05) is 27.3 Å². The first-order chi connectivity index (χ1) is 11.2. The molecule has 1 fully saturated rings. The fourth-order valence-corrected chi connectivity index (χ4v) is 3.83. The van der Waals surface area contributed by atoms with Crippen LogP contribution >= 0.6 is 0 Å². The van der Waals surface area contributed by atoms with Gasteiger partial charge < -0.3 is 9.47 Å². The average molecular weight is 315 g/mol. The third kappa shape index (κ3) is 3.58. The maximum absolute atomic E-state index is 11.5. The summed E-state index contributed by atoms with van der Waals surface area (Å²) in [5.41, 5.74) is 2.56. The third-order valence-corrected chi connectivity index (χ3v) is 5.11. The number of carbonyl (C=O) groups is 1. The molecule has 3 rings (SSSR count). The maximum Gasteiger partial charge on any atom is 0.305 e. The lowest BCUT2D eigenvalue weighted by Crippen LogP contribution is -2.45. The van der Waals surface area contributed by atoms with E-state index in [0.717, 1.165) is 38.1 Å². The van der Waals surface area contributed by atoms with Crippen molar-refractivity contribution >= 4 is 11.5 Å². The van der Waals surface area contributed by atoms with Crippen molar-refractivity contribution in [2.45, 2.75) is 31.7 Å². The van der Waals surface area contributed by atoms with Gasteiger partial charge in [-0.05, 0) is 43.4 Å². The number of benzene rings is 1. The molecule has 0 radical (unpaired) electrons. The SMILES string of the molecule is COC(=O)CC1CCN2CC=C(c3ccccc3OC)CC2C1. The van der Waals surface area contributed by atoms with Crippen molar-refractivity contribution in [1.82, 2.24) is 4.90 Å². The number of esters is 1. The second-order valence-electron chi connectivity index (χ2n) is 6.45. The van der Waals surface area contributed by atoms with E-state index >= 15 is 0 Å². The van der Waals surface area contributed by atoms with Crippen molar-refractivity contribution in [3.8, 4) is 5.75 Å². The summed E-state index contributed by atoms with van der Waals surface area (Å²) < 4.78 is 10.3. The predicted octanol–water partition coefficient (Wildman–Crippen LogP) is 3.13. The Kier molecular flexibility index (Phi) is 5.01. The average Bonchev–Trinajstić information content (AvgIpc) is 2.61. The van der Waals surface area contributed by atoms with Gasteiger partial charge in [0.15, 0.2) is 0 Å². The largest absolute Gasteiger partial charge is 0.496 e. The molecule has 0 spiro atoms. The molecule has 0 amide bonds. The van der Waals surface area contributed by atoms with E-state index in [-0.39, 0.29) is 5.97 Å². The molecule has 2 heterocycles. The second-order valence-corrected chi connectivity index (χ2v) is 6.45. The van der Waals surface area contributed by atoms with E-state index in [4.69, 9.17) is 9.47 Å². The van der Waals surface area contributed by atoms with Gasteiger partial charge in [0.05, 0.1) is 14.2 Å². The van der Waals surface area contributed by atoms with Crippen molar-refractivity contribution < 1.29 is 14.3 Å². The van der Waals surface area contributed by atoms with Crippen LogP contribution in [0.1, 0.15) is 31.2 Å². The Bertz CT molecular complexity index is 596. The highest BCUT2D eigenvalue weighted by Gasteiger charge is 2.32. The molecule has 4 heteroatoms. The Morgan fingerprint density at radius 1 is 1.30 bits per heavy atom. The van der Waals surface area contributed by atoms with Gasteiger partial charge in [-0.2, -0.15) is 0 Å². The molecular formula is C19H25NO3. The van der Waals surface area contributed by atoms with E-state index in [2.05, 4.69) is 23.1 Å². The first-order valence-electron chi connectivity index (χ1n) is 8.34. The summed E-state index contributed by atoms with van der Waals surface area (Å²) in [4.78, 5) is 14.1. The summed E-state index contributed by atoms with van der Waals surface area (Å²) in [7, 11) is 3.20. The number of methoxy groups -OCH3 is 2. The molecule has 0 N–H and O–H groups in total. The molecule has 2 aliphatic heterocycles. The van der Waals surface area contributed by atoms with Gasteiger partial charge in [0, 0.05) is 24.6 Å². The highest BCUT2D eigenvalue weighted by molar-refractivity contribution is 5.72. The molecular weight excluding hydrogens is 290 g/mol. The summed E-state index contributed by atoms with van der Waals surface area (Å²) in [6, 6.07) is 8.73. The second kappa shape index (κ2) is 7.18. The highest BCUT2D eigenvalue weighted by atomic mass is 16.5. The van der Waals surface area contributed by atoms with Gasteiger partial charge in [-0.25, -0.2) is 0 Å². The van der Waals surface area contributed by atoms with Gasteiger partial charge in [0.25, 0.3) is 0 Å². The first kappa shape index (κ1) is 16.1. The summed E-state index contributed by atoms with van der Waals surface area (Å²) in [6.07, 6.45) is 6.06. The maximum atomic E-state index is 11.5.